The summed E-state index contributed by atoms with van der Waals surface area (Å²) in [7, 11) is 3.48. The minimum atomic E-state index is -0.334. The van der Waals surface area contributed by atoms with Gasteiger partial charge >= 0.3 is 5.97 Å². The molecule has 164 valence electrons. The summed E-state index contributed by atoms with van der Waals surface area (Å²) in [5, 5.41) is 7.21. The second-order valence-electron chi connectivity index (χ2n) is 7.60. The maximum absolute atomic E-state index is 11.6. The minimum Gasteiger partial charge on any atom is -0.465 e. The molecule has 0 atom stereocenters. The van der Waals surface area contributed by atoms with E-state index in [4.69, 9.17) is 14.2 Å². The van der Waals surface area contributed by atoms with Gasteiger partial charge in [-0.3, -0.25) is 0 Å². The number of aromatic nitrogens is 2. The highest BCUT2D eigenvalue weighted by molar-refractivity contribution is 7.13. The van der Waals surface area contributed by atoms with Crippen molar-refractivity contribution >= 4 is 17.3 Å². The van der Waals surface area contributed by atoms with Crippen LogP contribution >= 0.6 is 11.3 Å². The van der Waals surface area contributed by atoms with Crippen LogP contribution in [0, 0.1) is 0 Å². The van der Waals surface area contributed by atoms with Crippen LogP contribution in [0.3, 0.4) is 0 Å². The molecule has 7 heteroatoms. The van der Waals surface area contributed by atoms with Crippen LogP contribution in [0.15, 0.2) is 70.6 Å². The Hall–Kier alpha value is -3.29. The van der Waals surface area contributed by atoms with Crippen LogP contribution < -0.4 is 0 Å². The van der Waals surface area contributed by atoms with Gasteiger partial charge in [0.1, 0.15) is 16.5 Å². The van der Waals surface area contributed by atoms with Gasteiger partial charge in [-0.05, 0) is 32.1 Å². The van der Waals surface area contributed by atoms with Crippen LogP contribution in [0.1, 0.15) is 28.2 Å². The summed E-state index contributed by atoms with van der Waals surface area (Å²) in [4.78, 5) is 18.6. The number of methoxy groups -OCH3 is 1. The number of carbonyl (C=O) groups is 1. The zero-order chi connectivity index (χ0) is 22.3. The number of rotatable bonds is 9. The number of hydrogen-bond donors (Lipinski definition) is 0. The predicted octanol–water partition coefficient (Wildman–Crippen LogP) is 5.32. The van der Waals surface area contributed by atoms with Gasteiger partial charge in [-0.2, -0.15) is 0 Å². The lowest BCUT2D eigenvalue weighted by atomic mass is 10.1. The Morgan fingerprint density at radius 3 is 2.62 bits per heavy atom. The molecule has 4 rings (SSSR count). The first-order valence-electron chi connectivity index (χ1n) is 10.4. The van der Waals surface area contributed by atoms with Crippen LogP contribution in [-0.4, -0.2) is 41.7 Å². The monoisotopic (exact) mass is 447 g/mol. The van der Waals surface area contributed by atoms with E-state index in [1.54, 1.807) is 23.5 Å². The fourth-order valence-electron chi connectivity index (χ4n) is 3.43. The van der Waals surface area contributed by atoms with E-state index in [1.165, 1.54) is 7.11 Å². The largest absolute Gasteiger partial charge is 0.465 e. The first kappa shape index (κ1) is 21.9. The second kappa shape index (κ2) is 10.3. The fraction of sp³-hybridized carbons (Fsp3) is 0.240. The molecule has 2 heterocycles. The normalized spacial score (nSPS) is 11.1. The maximum atomic E-state index is 11.6. The van der Waals surface area contributed by atoms with E-state index < -0.39 is 0 Å². The number of esters is 1. The molecule has 0 aliphatic heterocycles. The molecule has 0 saturated carbocycles. The number of thiazole rings is 1. The van der Waals surface area contributed by atoms with Crippen LogP contribution in [0.25, 0.3) is 21.8 Å². The number of nitrogens with zero attached hydrogens (tertiary/aromatic N) is 3. The number of benzene rings is 2. The molecule has 0 unspecified atom stereocenters. The van der Waals surface area contributed by atoms with Gasteiger partial charge in [-0.15, -0.1) is 11.3 Å². The third kappa shape index (κ3) is 5.49. The van der Waals surface area contributed by atoms with Crippen molar-refractivity contribution in [2.45, 2.75) is 19.4 Å². The van der Waals surface area contributed by atoms with E-state index in [1.807, 2.05) is 48.5 Å². The van der Waals surface area contributed by atoms with Crippen LogP contribution in [0.5, 0.6) is 0 Å². The summed E-state index contributed by atoms with van der Waals surface area (Å²) in [5.74, 6) is 0.572. The average Bonchev–Trinajstić information content (AvgIpc) is 3.49. The Balaban J connectivity index is 1.26. The molecule has 0 saturated heterocycles. The molecule has 0 aliphatic carbocycles. The molecular formula is C25H25N3O3S. The lowest BCUT2D eigenvalue weighted by molar-refractivity contribution is 0.0600. The summed E-state index contributed by atoms with van der Waals surface area (Å²) in [6, 6.07) is 19.4. The van der Waals surface area contributed by atoms with Gasteiger partial charge in [-0.25, -0.2) is 9.78 Å². The van der Waals surface area contributed by atoms with Crippen molar-refractivity contribution in [3.8, 4) is 21.8 Å². The smallest absolute Gasteiger partial charge is 0.337 e. The second-order valence-corrected chi connectivity index (χ2v) is 8.46. The third-order valence-electron chi connectivity index (χ3n) is 5.13. The molecule has 2 aromatic heterocycles. The van der Waals surface area contributed by atoms with Gasteiger partial charge in [0.05, 0.1) is 18.4 Å². The Labute approximate surface area is 191 Å². The van der Waals surface area contributed by atoms with E-state index in [0.29, 0.717) is 5.56 Å². The Kier molecular flexibility index (Phi) is 7.09. The van der Waals surface area contributed by atoms with E-state index >= 15 is 0 Å². The average molecular weight is 448 g/mol. The van der Waals surface area contributed by atoms with Gasteiger partial charge in [0.2, 0.25) is 0 Å². The molecule has 0 bridgehead atoms. The summed E-state index contributed by atoms with van der Waals surface area (Å²) in [5.41, 5.74) is 4.52. The van der Waals surface area contributed by atoms with E-state index in [9.17, 15) is 4.79 Å². The number of carbonyl (C=O) groups excluding carboxylic acids is 1. The molecule has 0 spiro atoms. The lowest BCUT2D eigenvalue weighted by Gasteiger charge is -2.14. The summed E-state index contributed by atoms with van der Waals surface area (Å²) < 4.78 is 10.2. The predicted molar refractivity (Wildman–Crippen MR) is 125 cm³/mol. The van der Waals surface area contributed by atoms with Crippen LogP contribution in [0.4, 0.5) is 0 Å². The van der Waals surface area contributed by atoms with Crippen molar-refractivity contribution in [2.75, 3.05) is 20.7 Å². The minimum absolute atomic E-state index is 0.334. The summed E-state index contributed by atoms with van der Waals surface area (Å²) in [6.07, 6.45) is 1.82. The number of aryl methyl sites for hydroxylation is 1. The molecule has 0 aliphatic rings. The summed E-state index contributed by atoms with van der Waals surface area (Å²) >= 11 is 1.61. The summed E-state index contributed by atoms with van der Waals surface area (Å²) in [6.45, 7) is 1.71. The highest BCUT2D eigenvalue weighted by Crippen LogP contribution is 2.25. The molecule has 6 nitrogen and oxygen atoms in total. The molecule has 0 N–H and O–H groups in total. The molecule has 0 amide bonds. The molecule has 2 aromatic carbocycles. The van der Waals surface area contributed by atoms with Crippen LogP contribution in [-0.2, 0) is 17.7 Å². The fourth-order valence-corrected chi connectivity index (χ4v) is 4.25. The van der Waals surface area contributed by atoms with Crippen molar-refractivity contribution in [3.05, 3.63) is 83.1 Å². The molecule has 32 heavy (non-hydrogen) atoms. The maximum Gasteiger partial charge on any atom is 0.337 e. The van der Waals surface area contributed by atoms with Crippen LogP contribution in [0.2, 0.25) is 0 Å². The Morgan fingerprint density at radius 2 is 1.88 bits per heavy atom. The van der Waals surface area contributed by atoms with E-state index in [2.05, 4.69) is 22.5 Å². The first-order chi connectivity index (χ1) is 15.6. The SMILES string of the molecule is COC(=O)c1ccc(-c2nc(CN(C)CCCc3cc(-c4ccccc4)no3)cs2)cc1. The zero-order valence-electron chi connectivity index (χ0n) is 18.2. The quantitative estimate of drug-likeness (QED) is 0.324. The van der Waals surface area contributed by atoms with Crippen molar-refractivity contribution < 1.29 is 14.1 Å². The van der Waals surface area contributed by atoms with E-state index in [-0.39, 0.29) is 5.97 Å². The van der Waals surface area contributed by atoms with Crippen molar-refractivity contribution in [3.63, 3.8) is 0 Å². The van der Waals surface area contributed by atoms with Crippen molar-refractivity contribution in [1.29, 1.82) is 0 Å². The first-order valence-corrected chi connectivity index (χ1v) is 11.3. The number of hydrogen-bond acceptors (Lipinski definition) is 7. The zero-order valence-corrected chi connectivity index (χ0v) is 19.0. The van der Waals surface area contributed by atoms with Crippen molar-refractivity contribution in [2.24, 2.45) is 0 Å². The topological polar surface area (TPSA) is 68.5 Å². The van der Waals surface area contributed by atoms with Gasteiger partial charge in [-0.1, -0.05) is 47.6 Å². The molecule has 0 radical (unpaired) electrons. The van der Waals surface area contributed by atoms with Gasteiger partial charge in [0.25, 0.3) is 0 Å². The highest BCUT2D eigenvalue weighted by Gasteiger charge is 2.11. The molecule has 4 aromatic rings. The van der Waals surface area contributed by atoms with Gasteiger partial charge in [0, 0.05) is 35.5 Å². The van der Waals surface area contributed by atoms with Crippen molar-refractivity contribution in [1.82, 2.24) is 15.0 Å². The highest BCUT2D eigenvalue weighted by atomic mass is 32.1. The molecular weight excluding hydrogens is 422 g/mol. The molecule has 0 fully saturated rings. The lowest BCUT2D eigenvalue weighted by Crippen LogP contribution is -2.19. The third-order valence-corrected chi connectivity index (χ3v) is 6.07. The Morgan fingerprint density at radius 1 is 1.09 bits per heavy atom. The van der Waals surface area contributed by atoms with Gasteiger partial charge in [0.15, 0.2) is 0 Å². The number of ether oxygens (including phenoxy) is 1. The van der Waals surface area contributed by atoms with E-state index in [0.717, 1.165) is 59.2 Å². The standard InChI is InChI=1S/C25H25N3O3S/c1-28(14-6-9-22-15-23(27-31-22)18-7-4-3-5-8-18)16-21-17-32-24(26-21)19-10-12-20(13-11-19)25(29)30-2/h3-5,7-8,10-13,15,17H,6,9,14,16H2,1-2H3. The van der Waals surface area contributed by atoms with Gasteiger partial charge < -0.3 is 14.2 Å². The Bertz CT molecular complexity index is 1150.